The number of ether oxygens (including phenoxy) is 1. The Morgan fingerprint density at radius 1 is 1.09 bits per heavy atom. The molecule has 4 aromatic rings. The summed E-state index contributed by atoms with van der Waals surface area (Å²) >= 11 is 6.07. The summed E-state index contributed by atoms with van der Waals surface area (Å²) in [6.45, 7) is 1.77. The van der Waals surface area contributed by atoms with Gasteiger partial charge in [0.05, 0.1) is 23.4 Å². The number of carbonyl (C=O) groups excluding carboxylic acids is 1. The van der Waals surface area contributed by atoms with Gasteiger partial charge in [0.15, 0.2) is 17.0 Å². The third kappa shape index (κ3) is 3.82. The van der Waals surface area contributed by atoms with Crippen LogP contribution in [0.2, 0.25) is 5.02 Å². The van der Waals surface area contributed by atoms with Gasteiger partial charge in [-0.2, -0.15) is 4.68 Å². The number of nitrogens with zero attached hydrogens (tertiary/aromatic N) is 7. The van der Waals surface area contributed by atoms with Crippen molar-refractivity contribution in [1.29, 1.82) is 0 Å². The van der Waals surface area contributed by atoms with Crippen LogP contribution in [0.5, 0.6) is 5.75 Å². The predicted octanol–water partition coefficient (Wildman–Crippen LogP) is 2.97. The van der Waals surface area contributed by atoms with E-state index in [2.05, 4.69) is 20.3 Å². The Balaban J connectivity index is 1.38. The molecular weight excluding hydrogens is 449 g/mol. The third-order valence-electron chi connectivity index (χ3n) is 5.56. The number of hydrogen-bond acceptors (Lipinski definition) is 7. The Morgan fingerprint density at radius 2 is 1.88 bits per heavy atom. The second-order valence-electron chi connectivity index (χ2n) is 7.45. The van der Waals surface area contributed by atoms with Crippen molar-refractivity contribution < 1.29 is 13.9 Å². The molecule has 0 N–H and O–H groups in total. The molecule has 1 aliphatic heterocycles. The van der Waals surface area contributed by atoms with E-state index in [1.54, 1.807) is 16.7 Å². The molecule has 0 bridgehead atoms. The number of amides is 1. The largest absolute Gasteiger partial charge is 0.497 e. The molecule has 5 rings (SSSR count). The molecule has 3 heterocycles. The summed E-state index contributed by atoms with van der Waals surface area (Å²) < 4.78 is 21.1. The number of piperazine rings is 1. The molecule has 33 heavy (non-hydrogen) atoms. The number of aromatic nitrogens is 5. The van der Waals surface area contributed by atoms with E-state index >= 15 is 0 Å². The van der Waals surface area contributed by atoms with Gasteiger partial charge in [-0.3, -0.25) is 4.79 Å². The fourth-order valence-electron chi connectivity index (χ4n) is 3.87. The van der Waals surface area contributed by atoms with Crippen LogP contribution in [0, 0.1) is 5.82 Å². The van der Waals surface area contributed by atoms with Crippen LogP contribution in [0.4, 0.5) is 10.2 Å². The van der Waals surface area contributed by atoms with Gasteiger partial charge in [-0.25, -0.2) is 14.4 Å². The Morgan fingerprint density at radius 3 is 2.64 bits per heavy atom. The van der Waals surface area contributed by atoms with Gasteiger partial charge < -0.3 is 14.5 Å². The number of hydrogen-bond donors (Lipinski definition) is 0. The van der Waals surface area contributed by atoms with Crippen molar-refractivity contribution in [2.75, 3.05) is 38.2 Å². The van der Waals surface area contributed by atoms with Crippen LogP contribution in [0.1, 0.15) is 10.4 Å². The minimum atomic E-state index is -0.624. The standard InChI is InChI=1S/C22H19ClFN7O2/c1-33-15-5-2-4-14(12-15)31-21-19(27-28-31)20(25-13-26-21)29-8-10-30(11-9-29)22(32)18-16(23)6-3-7-17(18)24/h2-7,12-13H,8-11H2,1H3. The van der Waals surface area contributed by atoms with Gasteiger partial charge in [-0.1, -0.05) is 28.9 Å². The lowest BCUT2D eigenvalue weighted by Crippen LogP contribution is -2.49. The van der Waals surface area contributed by atoms with Gasteiger partial charge >= 0.3 is 0 Å². The summed E-state index contributed by atoms with van der Waals surface area (Å²) in [6, 6.07) is 11.7. The molecule has 0 saturated carbocycles. The lowest BCUT2D eigenvalue weighted by Gasteiger charge is -2.35. The van der Waals surface area contributed by atoms with Crippen molar-refractivity contribution in [1.82, 2.24) is 29.9 Å². The fraction of sp³-hybridized carbons (Fsp3) is 0.227. The Kier molecular flexibility index (Phi) is 5.51. The summed E-state index contributed by atoms with van der Waals surface area (Å²) in [4.78, 5) is 25.2. The maximum absolute atomic E-state index is 14.2. The summed E-state index contributed by atoms with van der Waals surface area (Å²) in [5.74, 6) is 0.280. The van der Waals surface area contributed by atoms with Crippen molar-refractivity contribution >= 4 is 34.5 Å². The number of methoxy groups -OCH3 is 1. The van der Waals surface area contributed by atoms with E-state index in [9.17, 15) is 9.18 Å². The normalized spacial score (nSPS) is 14.0. The molecule has 0 radical (unpaired) electrons. The van der Waals surface area contributed by atoms with Crippen LogP contribution in [0.25, 0.3) is 16.9 Å². The van der Waals surface area contributed by atoms with Crippen molar-refractivity contribution in [3.05, 3.63) is 65.2 Å². The number of halogens is 2. The molecule has 0 spiro atoms. The molecule has 1 saturated heterocycles. The average Bonchev–Trinajstić information content (AvgIpc) is 3.28. The highest BCUT2D eigenvalue weighted by Gasteiger charge is 2.28. The molecular formula is C22H19ClFN7O2. The molecule has 1 fully saturated rings. The zero-order chi connectivity index (χ0) is 22.9. The van der Waals surface area contributed by atoms with Crippen molar-refractivity contribution in [3.8, 4) is 11.4 Å². The number of fused-ring (bicyclic) bond motifs is 1. The van der Waals surface area contributed by atoms with Crippen LogP contribution >= 0.6 is 11.6 Å². The smallest absolute Gasteiger partial charge is 0.258 e. The molecule has 1 aliphatic rings. The number of benzene rings is 2. The van der Waals surface area contributed by atoms with E-state index in [1.807, 2.05) is 29.2 Å². The first kappa shape index (κ1) is 21.1. The van der Waals surface area contributed by atoms with Gasteiger partial charge in [0.25, 0.3) is 5.91 Å². The summed E-state index contributed by atoms with van der Waals surface area (Å²) in [6.07, 6.45) is 1.47. The Hall–Kier alpha value is -3.79. The molecule has 1 amide bonds. The van der Waals surface area contributed by atoms with E-state index in [-0.39, 0.29) is 10.6 Å². The topological polar surface area (TPSA) is 89.3 Å². The summed E-state index contributed by atoms with van der Waals surface area (Å²) in [5.41, 5.74) is 1.78. The van der Waals surface area contributed by atoms with Gasteiger partial charge in [0.1, 0.15) is 17.9 Å². The monoisotopic (exact) mass is 467 g/mol. The number of anilines is 1. The molecule has 0 aliphatic carbocycles. The highest BCUT2D eigenvalue weighted by molar-refractivity contribution is 6.33. The second-order valence-corrected chi connectivity index (χ2v) is 7.86. The van der Waals surface area contributed by atoms with Crippen LogP contribution in [0.3, 0.4) is 0 Å². The average molecular weight is 468 g/mol. The van der Waals surface area contributed by atoms with E-state index in [4.69, 9.17) is 16.3 Å². The first-order valence-corrected chi connectivity index (χ1v) is 10.6. The summed E-state index contributed by atoms with van der Waals surface area (Å²) in [5, 5.41) is 8.67. The molecule has 2 aromatic carbocycles. The number of carbonyl (C=O) groups is 1. The first-order chi connectivity index (χ1) is 16.1. The van der Waals surface area contributed by atoms with Gasteiger partial charge in [-0.05, 0) is 24.3 Å². The van der Waals surface area contributed by atoms with Crippen molar-refractivity contribution in [2.24, 2.45) is 0 Å². The molecule has 0 atom stereocenters. The molecule has 9 nitrogen and oxygen atoms in total. The number of rotatable bonds is 4. The first-order valence-electron chi connectivity index (χ1n) is 10.3. The van der Waals surface area contributed by atoms with Gasteiger partial charge in [0.2, 0.25) is 0 Å². The maximum Gasteiger partial charge on any atom is 0.258 e. The molecule has 2 aromatic heterocycles. The third-order valence-corrected chi connectivity index (χ3v) is 5.87. The SMILES string of the molecule is COc1cccc(-n2nnc3c(N4CCN(C(=O)c5c(F)cccc5Cl)CC4)ncnc32)c1. The zero-order valence-electron chi connectivity index (χ0n) is 17.7. The predicted molar refractivity (Wildman–Crippen MR) is 121 cm³/mol. The van der Waals surface area contributed by atoms with Crippen LogP contribution in [-0.2, 0) is 0 Å². The van der Waals surface area contributed by atoms with E-state index in [1.165, 1.54) is 24.5 Å². The highest BCUT2D eigenvalue weighted by atomic mass is 35.5. The van der Waals surface area contributed by atoms with Crippen LogP contribution in [-0.4, -0.2) is 69.1 Å². The minimum absolute atomic E-state index is 0.0988. The molecule has 0 unspecified atom stereocenters. The van der Waals surface area contributed by atoms with E-state index < -0.39 is 11.7 Å². The highest BCUT2D eigenvalue weighted by Crippen LogP contribution is 2.26. The van der Waals surface area contributed by atoms with E-state index in [0.29, 0.717) is 48.9 Å². The van der Waals surface area contributed by atoms with Gasteiger partial charge in [0, 0.05) is 32.2 Å². The van der Waals surface area contributed by atoms with Crippen LogP contribution < -0.4 is 9.64 Å². The molecule has 168 valence electrons. The minimum Gasteiger partial charge on any atom is -0.497 e. The van der Waals surface area contributed by atoms with Crippen molar-refractivity contribution in [2.45, 2.75) is 0 Å². The Bertz CT molecular complexity index is 1320. The lowest BCUT2D eigenvalue weighted by atomic mass is 10.1. The lowest BCUT2D eigenvalue weighted by molar-refractivity contribution is 0.0742. The van der Waals surface area contributed by atoms with E-state index in [0.717, 1.165) is 5.69 Å². The quantitative estimate of drug-likeness (QED) is 0.456. The summed E-state index contributed by atoms with van der Waals surface area (Å²) in [7, 11) is 1.60. The second kappa shape index (κ2) is 8.62. The fourth-order valence-corrected chi connectivity index (χ4v) is 4.11. The van der Waals surface area contributed by atoms with Crippen molar-refractivity contribution in [3.63, 3.8) is 0 Å². The zero-order valence-corrected chi connectivity index (χ0v) is 18.4. The van der Waals surface area contributed by atoms with Gasteiger partial charge in [-0.15, -0.1) is 5.10 Å². The maximum atomic E-state index is 14.2. The molecule has 11 heteroatoms. The van der Waals surface area contributed by atoms with Crippen LogP contribution in [0.15, 0.2) is 48.8 Å². The Labute approximate surface area is 193 Å².